The van der Waals surface area contributed by atoms with Gasteiger partial charge in [0.05, 0.1) is 6.54 Å². The fourth-order valence-electron chi connectivity index (χ4n) is 3.01. The standard InChI is InChI=1S/C20H26N6.HI/c1-4-21-20(25(2)14-19-23-15-24-26(19)3)22-13-12-17-10-7-9-16-8-5-6-11-18(16)17;/h5-11,15H,4,12-14H2,1-3H3,(H,21,22);1H. The average Bonchev–Trinajstić information content (AvgIpc) is 3.05. The number of nitrogens with one attached hydrogen (secondary N) is 1. The highest BCUT2D eigenvalue weighted by Crippen LogP contribution is 2.18. The molecule has 3 aromatic rings. The van der Waals surface area contributed by atoms with E-state index in [1.165, 1.54) is 16.3 Å². The molecule has 0 bridgehead atoms. The molecule has 144 valence electrons. The van der Waals surface area contributed by atoms with Crippen molar-refractivity contribution in [2.75, 3.05) is 20.1 Å². The van der Waals surface area contributed by atoms with E-state index in [2.05, 4.69) is 69.7 Å². The maximum absolute atomic E-state index is 4.80. The number of nitrogens with zero attached hydrogens (tertiary/aromatic N) is 5. The number of halogens is 1. The first-order chi connectivity index (χ1) is 12.7. The second-order valence-electron chi connectivity index (χ2n) is 6.28. The minimum absolute atomic E-state index is 0. The molecular formula is C20H27IN6. The molecule has 27 heavy (non-hydrogen) atoms. The Morgan fingerprint density at radius 3 is 2.70 bits per heavy atom. The monoisotopic (exact) mass is 478 g/mol. The van der Waals surface area contributed by atoms with Crippen LogP contribution in [0.15, 0.2) is 53.8 Å². The summed E-state index contributed by atoms with van der Waals surface area (Å²) in [7, 11) is 3.93. The number of aromatic nitrogens is 3. The zero-order valence-corrected chi connectivity index (χ0v) is 18.4. The van der Waals surface area contributed by atoms with Crippen LogP contribution in [-0.4, -0.2) is 45.8 Å². The van der Waals surface area contributed by atoms with Crippen LogP contribution in [0.2, 0.25) is 0 Å². The van der Waals surface area contributed by atoms with Crippen LogP contribution >= 0.6 is 24.0 Å². The topological polar surface area (TPSA) is 58.3 Å². The summed E-state index contributed by atoms with van der Waals surface area (Å²) < 4.78 is 1.79. The highest BCUT2D eigenvalue weighted by Gasteiger charge is 2.10. The molecule has 0 amide bonds. The maximum Gasteiger partial charge on any atom is 0.194 e. The quantitative estimate of drug-likeness (QED) is 0.336. The summed E-state index contributed by atoms with van der Waals surface area (Å²) in [5.74, 6) is 1.79. The van der Waals surface area contributed by atoms with E-state index in [0.717, 1.165) is 31.3 Å². The fraction of sp³-hybridized carbons (Fsp3) is 0.350. The Morgan fingerprint density at radius 1 is 1.19 bits per heavy atom. The Bertz CT molecular complexity index is 884. The van der Waals surface area contributed by atoms with Crippen LogP contribution < -0.4 is 5.32 Å². The second-order valence-corrected chi connectivity index (χ2v) is 6.28. The number of rotatable bonds is 6. The fourth-order valence-corrected chi connectivity index (χ4v) is 3.01. The highest BCUT2D eigenvalue weighted by molar-refractivity contribution is 14.0. The number of guanidine groups is 1. The molecule has 0 atom stereocenters. The summed E-state index contributed by atoms with van der Waals surface area (Å²) in [6, 6.07) is 15.0. The lowest BCUT2D eigenvalue weighted by Gasteiger charge is -2.21. The van der Waals surface area contributed by atoms with E-state index in [4.69, 9.17) is 4.99 Å². The summed E-state index contributed by atoms with van der Waals surface area (Å²) in [5.41, 5.74) is 1.33. The molecule has 7 heteroatoms. The number of hydrogen-bond donors (Lipinski definition) is 1. The first-order valence-electron chi connectivity index (χ1n) is 8.98. The molecule has 0 spiro atoms. The molecule has 0 unspecified atom stereocenters. The summed E-state index contributed by atoms with van der Waals surface area (Å²) in [4.78, 5) is 11.2. The first-order valence-corrected chi connectivity index (χ1v) is 8.98. The number of aliphatic imine (C=N–C) groups is 1. The number of fused-ring (bicyclic) bond motifs is 1. The lowest BCUT2D eigenvalue weighted by molar-refractivity contribution is 0.449. The molecule has 1 heterocycles. The van der Waals surface area contributed by atoms with Gasteiger partial charge in [-0.3, -0.25) is 9.67 Å². The average molecular weight is 478 g/mol. The lowest BCUT2D eigenvalue weighted by atomic mass is 10.0. The van der Waals surface area contributed by atoms with E-state index in [9.17, 15) is 0 Å². The van der Waals surface area contributed by atoms with Crippen molar-refractivity contribution in [1.82, 2.24) is 25.0 Å². The van der Waals surface area contributed by atoms with Gasteiger partial charge >= 0.3 is 0 Å². The zero-order valence-electron chi connectivity index (χ0n) is 16.1. The Kier molecular flexibility index (Phi) is 8.02. The first kappa shape index (κ1) is 21.1. The molecule has 1 N–H and O–H groups in total. The third kappa shape index (κ3) is 5.41. The smallest absolute Gasteiger partial charge is 0.194 e. The van der Waals surface area contributed by atoms with E-state index in [-0.39, 0.29) is 24.0 Å². The molecule has 3 rings (SSSR count). The van der Waals surface area contributed by atoms with Crippen molar-refractivity contribution in [3.05, 3.63) is 60.2 Å². The van der Waals surface area contributed by atoms with Gasteiger partial charge in [-0.1, -0.05) is 42.5 Å². The van der Waals surface area contributed by atoms with Gasteiger partial charge in [0.15, 0.2) is 5.96 Å². The van der Waals surface area contributed by atoms with Gasteiger partial charge in [-0.25, -0.2) is 4.98 Å². The molecule has 1 aromatic heterocycles. The third-order valence-electron chi connectivity index (χ3n) is 4.40. The van der Waals surface area contributed by atoms with Crippen LogP contribution in [0.25, 0.3) is 10.8 Å². The molecule has 0 aliphatic rings. The van der Waals surface area contributed by atoms with Crippen LogP contribution in [0.1, 0.15) is 18.3 Å². The Labute approximate surface area is 177 Å². The van der Waals surface area contributed by atoms with Crippen molar-refractivity contribution in [2.45, 2.75) is 19.9 Å². The molecule has 0 aliphatic heterocycles. The minimum Gasteiger partial charge on any atom is -0.357 e. The van der Waals surface area contributed by atoms with Crippen molar-refractivity contribution in [3.63, 3.8) is 0 Å². The Morgan fingerprint density at radius 2 is 1.96 bits per heavy atom. The van der Waals surface area contributed by atoms with Crippen molar-refractivity contribution in [2.24, 2.45) is 12.0 Å². The van der Waals surface area contributed by atoms with E-state index >= 15 is 0 Å². The van der Waals surface area contributed by atoms with E-state index in [0.29, 0.717) is 6.54 Å². The number of benzene rings is 2. The van der Waals surface area contributed by atoms with E-state index in [1.807, 2.05) is 14.1 Å². The van der Waals surface area contributed by atoms with Gasteiger partial charge in [-0.15, -0.1) is 24.0 Å². The van der Waals surface area contributed by atoms with E-state index in [1.54, 1.807) is 11.0 Å². The maximum atomic E-state index is 4.80. The van der Waals surface area contributed by atoms with Gasteiger partial charge in [0.1, 0.15) is 12.2 Å². The van der Waals surface area contributed by atoms with Gasteiger partial charge in [-0.2, -0.15) is 5.10 Å². The molecular weight excluding hydrogens is 451 g/mol. The van der Waals surface area contributed by atoms with Crippen LogP contribution in [0.3, 0.4) is 0 Å². The van der Waals surface area contributed by atoms with Crippen molar-refractivity contribution in [1.29, 1.82) is 0 Å². The normalized spacial score (nSPS) is 11.3. The molecule has 0 aliphatic carbocycles. The van der Waals surface area contributed by atoms with Gasteiger partial charge in [-0.05, 0) is 29.7 Å². The van der Waals surface area contributed by atoms with Crippen molar-refractivity contribution >= 4 is 40.7 Å². The van der Waals surface area contributed by atoms with Gasteiger partial charge in [0, 0.05) is 27.2 Å². The van der Waals surface area contributed by atoms with Gasteiger partial charge in [0.25, 0.3) is 0 Å². The summed E-state index contributed by atoms with van der Waals surface area (Å²) in [5, 5.41) is 10.1. The molecule has 0 radical (unpaired) electrons. The van der Waals surface area contributed by atoms with Crippen molar-refractivity contribution in [3.8, 4) is 0 Å². The minimum atomic E-state index is 0. The predicted molar refractivity (Wildman–Crippen MR) is 122 cm³/mol. The number of aryl methyl sites for hydroxylation is 1. The van der Waals surface area contributed by atoms with Crippen LogP contribution in [-0.2, 0) is 20.0 Å². The molecule has 0 saturated heterocycles. The van der Waals surface area contributed by atoms with Crippen LogP contribution in [0.5, 0.6) is 0 Å². The largest absolute Gasteiger partial charge is 0.357 e. The predicted octanol–water partition coefficient (Wildman–Crippen LogP) is 3.23. The molecule has 0 fully saturated rings. The third-order valence-corrected chi connectivity index (χ3v) is 4.40. The molecule has 6 nitrogen and oxygen atoms in total. The summed E-state index contributed by atoms with van der Waals surface area (Å²) >= 11 is 0. The van der Waals surface area contributed by atoms with Gasteiger partial charge < -0.3 is 10.2 Å². The van der Waals surface area contributed by atoms with Crippen molar-refractivity contribution < 1.29 is 0 Å². The molecule has 0 saturated carbocycles. The lowest BCUT2D eigenvalue weighted by Crippen LogP contribution is -2.39. The van der Waals surface area contributed by atoms with Crippen LogP contribution in [0.4, 0.5) is 0 Å². The second kappa shape index (κ2) is 10.2. The van der Waals surface area contributed by atoms with Gasteiger partial charge in [0.2, 0.25) is 0 Å². The SMILES string of the molecule is CCNC(=NCCc1cccc2ccccc12)N(C)Cc1ncnn1C.I. The van der Waals surface area contributed by atoms with E-state index < -0.39 is 0 Å². The summed E-state index contributed by atoms with van der Waals surface area (Å²) in [6.45, 7) is 4.31. The summed E-state index contributed by atoms with van der Waals surface area (Å²) in [6.07, 6.45) is 2.49. The Hall–Kier alpha value is -2.16. The highest BCUT2D eigenvalue weighted by atomic mass is 127. The Balaban J connectivity index is 0.00000261. The van der Waals surface area contributed by atoms with Crippen LogP contribution in [0, 0.1) is 0 Å². The zero-order chi connectivity index (χ0) is 18.4. The number of hydrogen-bond acceptors (Lipinski definition) is 3. The molecule has 2 aromatic carbocycles.